The van der Waals surface area contributed by atoms with E-state index in [-0.39, 0.29) is 0 Å². The molecule has 0 bridgehead atoms. The van der Waals surface area contributed by atoms with Gasteiger partial charge in [-0.15, -0.1) is 0 Å². The maximum Gasteiger partial charge on any atom is 0.0462 e. The fourth-order valence-electron chi connectivity index (χ4n) is 6.61. The van der Waals surface area contributed by atoms with Gasteiger partial charge >= 0.3 is 0 Å². The maximum atomic E-state index is 5.92. The van der Waals surface area contributed by atoms with Crippen molar-refractivity contribution in [3.63, 3.8) is 0 Å². The van der Waals surface area contributed by atoms with Gasteiger partial charge in [0.2, 0.25) is 0 Å². The second kappa shape index (κ2) is 14.4. The quantitative estimate of drug-likeness (QED) is 0.150. The number of hydrogen-bond donors (Lipinski definition) is 2. The highest BCUT2D eigenvalue weighted by molar-refractivity contribution is 5.82. The van der Waals surface area contributed by atoms with Crippen molar-refractivity contribution < 1.29 is 0 Å². The third-order valence-electron chi connectivity index (χ3n) is 9.35. The van der Waals surface area contributed by atoms with Crippen molar-refractivity contribution in [3.8, 4) is 33.4 Å². The molecule has 0 amide bonds. The van der Waals surface area contributed by atoms with Crippen molar-refractivity contribution in [3.05, 3.63) is 206 Å². The van der Waals surface area contributed by atoms with Gasteiger partial charge in [0.25, 0.3) is 0 Å². The van der Waals surface area contributed by atoms with Gasteiger partial charge in [-0.3, -0.25) is 0 Å². The van der Waals surface area contributed by atoms with Gasteiger partial charge in [-0.25, -0.2) is 0 Å². The van der Waals surface area contributed by atoms with Crippen LogP contribution in [0.2, 0.25) is 0 Å². The standard InChI is InChI=1S/C48H38N4/c49-41-23-11-35(12-24-41)37-15-27-45(28-16-37)51(43-7-3-1-4-8-43)47-31-19-39(20-32-47)40-21-33-48(34-22-40)52(44-9-5-2-6-10-44)46-29-17-38(18-30-46)36-13-25-42(50)26-14-36/h1-34H,49-50H2. The van der Waals surface area contributed by atoms with E-state index < -0.39 is 0 Å². The predicted octanol–water partition coefficient (Wildman–Crippen LogP) is 12.8. The lowest BCUT2D eigenvalue weighted by Gasteiger charge is -2.26. The van der Waals surface area contributed by atoms with E-state index in [2.05, 4.69) is 180 Å². The smallest absolute Gasteiger partial charge is 0.0462 e. The first kappa shape index (κ1) is 32.2. The van der Waals surface area contributed by atoms with Crippen LogP contribution in [-0.4, -0.2) is 0 Å². The highest BCUT2D eigenvalue weighted by Crippen LogP contribution is 2.39. The third kappa shape index (κ3) is 6.87. The second-order valence-electron chi connectivity index (χ2n) is 12.8. The molecule has 8 aromatic rings. The lowest BCUT2D eigenvalue weighted by molar-refractivity contribution is 1.28. The lowest BCUT2D eigenvalue weighted by atomic mass is 10.0. The van der Waals surface area contributed by atoms with E-state index in [0.717, 1.165) is 78.9 Å². The average Bonchev–Trinajstić information content (AvgIpc) is 3.21. The molecular weight excluding hydrogens is 633 g/mol. The summed E-state index contributed by atoms with van der Waals surface area (Å²) >= 11 is 0. The Labute approximate surface area is 305 Å². The summed E-state index contributed by atoms with van der Waals surface area (Å²) < 4.78 is 0. The van der Waals surface area contributed by atoms with Crippen molar-refractivity contribution in [2.45, 2.75) is 0 Å². The normalized spacial score (nSPS) is 10.8. The van der Waals surface area contributed by atoms with Crippen LogP contribution in [0.3, 0.4) is 0 Å². The van der Waals surface area contributed by atoms with E-state index in [4.69, 9.17) is 11.5 Å². The summed E-state index contributed by atoms with van der Waals surface area (Å²) in [5.41, 5.74) is 26.8. The minimum atomic E-state index is 0.765. The Hall–Kier alpha value is -7.04. The van der Waals surface area contributed by atoms with E-state index in [0.29, 0.717) is 0 Å². The summed E-state index contributed by atoms with van der Waals surface area (Å²) in [6, 6.07) is 72.0. The Kier molecular flexibility index (Phi) is 8.94. The van der Waals surface area contributed by atoms with Crippen molar-refractivity contribution in [2.75, 3.05) is 21.3 Å². The molecule has 8 rings (SSSR count). The Balaban J connectivity index is 1.07. The van der Waals surface area contributed by atoms with Crippen LogP contribution in [-0.2, 0) is 0 Å². The minimum absolute atomic E-state index is 0.765. The first-order chi connectivity index (χ1) is 25.6. The van der Waals surface area contributed by atoms with Crippen LogP contribution in [0.4, 0.5) is 45.5 Å². The van der Waals surface area contributed by atoms with Crippen LogP contribution in [0.15, 0.2) is 206 Å². The zero-order valence-corrected chi connectivity index (χ0v) is 28.7. The molecule has 0 atom stereocenters. The predicted molar refractivity (Wildman–Crippen MR) is 221 cm³/mol. The average molecular weight is 671 g/mol. The van der Waals surface area contributed by atoms with E-state index in [9.17, 15) is 0 Å². The topological polar surface area (TPSA) is 58.5 Å². The highest BCUT2D eigenvalue weighted by Gasteiger charge is 2.15. The lowest BCUT2D eigenvalue weighted by Crippen LogP contribution is -2.10. The monoisotopic (exact) mass is 670 g/mol. The first-order valence-corrected chi connectivity index (χ1v) is 17.4. The molecule has 0 aliphatic rings. The van der Waals surface area contributed by atoms with Crippen molar-refractivity contribution in [1.82, 2.24) is 0 Å². The molecule has 0 unspecified atom stereocenters. The number of hydrogen-bond acceptors (Lipinski definition) is 4. The molecule has 0 aliphatic carbocycles. The molecule has 52 heavy (non-hydrogen) atoms. The zero-order chi connectivity index (χ0) is 35.3. The molecule has 0 radical (unpaired) electrons. The van der Waals surface area contributed by atoms with Crippen LogP contribution >= 0.6 is 0 Å². The fraction of sp³-hybridized carbons (Fsp3) is 0. The minimum Gasteiger partial charge on any atom is -0.399 e. The summed E-state index contributed by atoms with van der Waals surface area (Å²) in [5, 5.41) is 0. The molecule has 8 aromatic carbocycles. The van der Waals surface area contributed by atoms with Gasteiger partial charge in [0.15, 0.2) is 0 Å². The second-order valence-corrected chi connectivity index (χ2v) is 12.8. The Morgan fingerprint density at radius 2 is 0.404 bits per heavy atom. The van der Waals surface area contributed by atoms with Crippen LogP contribution in [0, 0.1) is 0 Å². The van der Waals surface area contributed by atoms with Crippen LogP contribution in [0.5, 0.6) is 0 Å². The summed E-state index contributed by atoms with van der Waals surface area (Å²) in [4.78, 5) is 4.58. The molecule has 0 saturated heterocycles. The number of anilines is 8. The summed E-state index contributed by atoms with van der Waals surface area (Å²) in [7, 11) is 0. The molecule has 250 valence electrons. The molecular formula is C48H38N4. The van der Waals surface area contributed by atoms with Crippen LogP contribution < -0.4 is 21.3 Å². The molecule has 4 nitrogen and oxygen atoms in total. The van der Waals surface area contributed by atoms with Crippen molar-refractivity contribution in [2.24, 2.45) is 0 Å². The van der Waals surface area contributed by atoms with E-state index in [1.165, 1.54) is 0 Å². The molecule has 0 fully saturated rings. The summed E-state index contributed by atoms with van der Waals surface area (Å²) in [5.74, 6) is 0. The van der Waals surface area contributed by atoms with Crippen LogP contribution in [0.1, 0.15) is 0 Å². The van der Waals surface area contributed by atoms with Gasteiger partial charge in [-0.05, 0) is 130 Å². The number of nitrogens with zero attached hydrogens (tertiary/aromatic N) is 2. The SMILES string of the molecule is Nc1ccc(-c2ccc(N(c3ccccc3)c3ccc(-c4ccc(N(c5ccccc5)c5ccc(-c6ccc(N)cc6)cc5)cc4)cc3)cc2)cc1. The molecule has 0 spiro atoms. The molecule has 0 saturated carbocycles. The van der Waals surface area contributed by atoms with Gasteiger partial charge in [0.1, 0.15) is 0 Å². The Morgan fingerprint density at radius 3 is 0.635 bits per heavy atom. The number of rotatable bonds is 9. The molecule has 0 aromatic heterocycles. The third-order valence-corrected chi connectivity index (χ3v) is 9.35. The molecule has 0 heterocycles. The van der Waals surface area contributed by atoms with Gasteiger partial charge in [0.05, 0.1) is 0 Å². The van der Waals surface area contributed by atoms with Gasteiger partial charge in [0, 0.05) is 45.5 Å². The van der Waals surface area contributed by atoms with E-state index >= 15 is 0 Å². The summed E-state index contributed by atoms with van der Waals surface area (Å²) in [6.07, 6.45) is 0. The maximum absolute atomic E-state index is 5.92. The number of benzene rings is 8. The van der Waals surface area contributed by atoms with Crippen molar-refractivity contribution in [1.29, 1.82) is 0 Å². The molecule has 4 N–H and O–H groups in total. The first-order valence-electron chi connectivity index (χ1n) is 17.4. The van der Waals surface area contributed by atoms with Crippen molar-refractivity contribution >= 4 is 45.5 Å². The van der Waals surface area contributed by atoms with Gasteiger partial charge in [-0.2, -0.15) is 0 Å². The number of nitrogens with two attached hydrogens (primary N) is 2. The molecule has 4 heteroatoms. The van der Waals surface area contributed by atoms with E-state index in [1.54, 1.807) is 0 Å². The zero-order valence-electron chi connectivity index (χ0n) is 28.7. The largest absolute Gasteiger partial charge is 0.399 e. The highest BCUT2D eigenvalue weighted by atomic mass is 15.1. The fourth-order valence-corrected chi connectivity index (χ4v) is 6.61. The summed E-state index contributed by atoms with van der Waals surface area (Å²) in [6.45, 7) is 0. The Morgan fingerprint density at radius 1 is 0.212 bits per heavy atom. The molecule has 0 aliphatic heterocycles. The van der Waals surface area contributed by atoms with E-state index in [1.807, 2.05) is 36.4 Å². The number of para-hydroxylation sites is 2. The Bertz CT molecular complexity index is 2180. The number of nitrogen functional groups attached to an aromatic ring is 2. The van der Waals surface area contributed by atoms with Crippen LogP contribution in [0.25, 0.3) is 33.4 Å². The van der Waals surface area contributed by atoms with Gasteiger partial charge in [-0.1, -0.05) is 109 Å². The van der Waals surface area contributed by atoms with Gasteiger partial charge < -0.3 is 21.3 Å².